The third-order valence-electron chi connectivity index (χ3n) is 4.32. The first-order chi connectivity index (χ1) is 13.5. The molecule has 3 aromatic rings. The first-order valence-corrected chi connectivity index (χ1v) is 10.3. The van der Waals surface area contributed by atoms with Gasteiger partial charge in [-0.2, -0.15) is 0 Å². The molecule has 1 N–H and O–H groups in total. The summed E-state index contributed by atoms with van der Waals surface area (Å²) in [6.45, 7) is 8.90. The van der Waals surface area contributed by atoms with Crippen LogP contribution in [0, 0.1) is 5.92 Å². The van der Waals surface area contributed by atoms with Gasteiger partial charge in [0.15, 0.2) is 16.7 Å². The molecule has 2 heterocycles. The number of aromatic nitrogens is 3. The summed E-state index contributed by atoms with van der Waals surface area (Å²) in [6.07, 6.45) is 1.62. The van der Waals surface area contributed by atoms with Gasteiger partial charge in [-0.05, 0) is 37.5 Å². The average Bonchev–Trinajstić information content (AvgIpc) is 3.32. The third-order valence-corrected chi connectivity index (χ3v) is 5.40. The quantitative estimate of drug-likeness (QED) is 0.564. The van der Waals surface area contributed by atoms with Gasteiger partial charge in [0.25, 0.3) is 0 Å². The molecule has 3 rings (SSSR count). The second kappa shape index (κ2) is 9.10. The van der Waals surface area contributed by atoms with Gasteiger partial charge in [-0.1, -0.05) is 55.9 Å². The summed E-state index contributed by atoms with van der Waals surface area (Å²) in [4.78, 5) is 12.7. The van der Waals surface area contributed by atoms with Crippen molar-refractivity contribution in [3.63, 3.8) is 0 Å². The highest BCUT2D eigenvalue weighted by atomic mass is 32.2. The Hall–Kier alpha value is -2.54. The summed E-state index contributed by atoms with van der Waals surface area (Å²) in [5, 5.41) is 12.1. The lowest BCUT2D eigenvalue weighted by Gasteiger charge is -2.18. The summed E-state index contributed by atoms with van der Waals surface area (Å²) in [7, 11) is 0. The molecule has 0 fully saturated rings. The van der Waals surface area contributed by atoms with E-state index in [1.807, 2.05) is 60.9 Å². The summed E-state index contributed by atoms with van der Waals surface area (Å²) in [5.74, 6) is 1.74. The number of carbonyl (C=O) groups is 1. The van der Waals surface area contributed by atoms with Crippen LogP contribution >= 0.6 is 11.8 Å². The van der Waals surface area contributed by atoms with Crippen LogP contribution in [0.2, 0.25) is 0 Å². The number of amides is 1. The van der Waals surface area contributed by atoms with Gasteiger partial charge in [0.05, 0.1) is 17.6 Å². The molecule has 0 bridgehead atoms. The highest BCUT2D eigenvalue weighted by Crippen LogP contribution is 2.28. The SMILES string of the molecule is CC(C)Cn1c(SC(C)C(=O)NC(C)c2ccccc2)nnc1-c1ccco1. The number of nitrogens with one attached hydrogen (secondary N) is 1. The van der Waals surface area contributed by atoms with Crippen molar-refractivity contribution < 1.29 is 9.21 Å². The molecule has 1 aromatic carbocycles. The smallest absolute Gasteiger partial charge is 0.233 e. The Bertz CT molecular complexity index is 891. The van der Waals surface area contributed by atoms with Crippen molar-refractivity contribution >= 4 is 17.7 Å². The van der Waals surface area contributed by atoms with Crippen molar-refractivity contribution in [1.29, 1.82) is 0 Å². The summed E-state index contributed by atoms with van der Waals surface area (Å²) >= 11 is 1.41. The maximum Gasteiger partial charge on any atom is 0.233 e. The molecular formula is C21H26N4O2S. The Balaban J connectivity index is 1.72. The molecule has 0 saturated carbocycles. The monoisotopic (exact) mass is 398 g/mol. The first kappa shape index (κ1) is 20.2. The van der Waals surface area contributed by atoms with E-state index in [-0.39, 0.29) is 17.2 Å². The van der Waals surface area contributed by atoms with Crippen LogP contribution in [-0.4, -0.2) is 25.9 Å². The fraction of sp³-hybridized carbons (Fsp3) is 0.381. The second-order valence-electron chi connectivity index (χ2n) is 7.19. The number of thioether (sulfide) groups is 1. The van der Waals surface area contributed by atoms with Crippen molar-refractivity contribution in [2.24, 2.45) is 5.92 Å². The van der Waals surface area contributed by atoms with Crippen LogP contribution in [-0.2, 0) is 11.3 Å². The van der Waals surface area contributed by atoms with E-state index < -0.39 is 0 Å². The second-order valence-corrected chi connectivity index (χ2v) is 8.50. The van der Waals surface area contributed by atoms with Crippen LogP contribution < -0.4 is 5.32 Å². The lowest BCUT2D eigenvalue weighted by molar-refractivity contribution is -0.120. The molecule has 2 unspecified atom stereocenters. The van der Waals surface area contributed by atoms with Crippen LogP contribution in [0.15, 0.2) is 58.3 Å². The van der Waals surface area contributed by atoms with E-state index in [9.17, 15) is 4.79 Å². The molecule has 0 aliphatic heterocycles. The molecule has 0 radical (unpaired) electrons. The van der Waals surface area contributed by atoms with Crippen LogP contribution in [0.25, 0.3) is 11.6 Å². The first-order valence-electron chi connectivity index (χ1n) is 9.44. The number of furan rings is 1. The fourth-order valence-corrected chi connectivity index (χ4v) is 3.73. The summed E-state index contributed by atoms with van der Waals surface area (Å²) < 4.78 is 7.52. The van der Waals surface area contributed by atoms with E-state index in [0.717, 1.165) is 17.3 Å². The minimum absolute atomic E-state index is 0.0278. The minimum Gasteiger partial charge on any atom is -0.461 e. The highest BCUT2D eigenvalue weighted by molar-refractivity contribution is 8.00. The van der Waals surface area contributed by atoms with Gasteiger partial charge in [-0.15, -0.1) is 10.2 Å². The number of hydrogen-bond donors (Lipinski definition) is 1. The van der Waals surface area contributed by atoms with Crippen molar-refractivity contribution in [3.05, 3.63) is 54.3 Å². The number of benzene rings is 1. The maximum absolute atomic E-state index is 12.7. The normalized spacial score (nSPS) is 13.5. The molecule has 2 atom stereocenters. The van der Waals surface area contributed by atoms with Crippen molar-refractivity contribution in [1.82, 2.24) is 20.1 Å². The Kier molecular flexibility index (Phi) is 6.57. The zero-order valence-corrected chi connectivity index (χ0v) is 17.4. The van der Waals surface area contributed by atoms with Crippen molar-refractivity contribution in [3.8, 4) is 11.6 Å². The van der Waals surface area contributed by atoms with Crippen LogP contribution in [0.4, 0.5) is 0 Å². The van der Waals surface area contributed by atoms with Crippen molar-refractivity contribution in [2.75, 3.05) is 0 Å². The van der Waals surface area contributed by atoms with E-state index in [2.05, 4.69) is 29.4 Å². The van der Waals surface area contributed by atoms with Gasteiger partial charge in [-0.3, -0.25) is 9.36 Å². The number of nitrogens with zero attached hydrogens (tertiary/aromatic N) is 3. The zero-order chi connectivity index (χ0) is 20.1. The Labute approximate surface area is 169 Å². The average molecular weight is 399 g/mol. The van der Waals surface area contributed by atoms with E-state index in [0.29, 0.717) is 17.5 Å². The van der Waals surface area contributed by atoms with Gasteiger partial charge in [0, 0.05) is 6.54 Å². The minimum atomic E-state index is -0.300. The van der Waals surface area contributed by atoms with E-state index in [1.165, 1.54) is 11.8 Å². The fourth-order valence-electron chi connectivity index (χ4n) is 2.86. The lowest BCUT2D eigenvalue weighted by Crippen LogP contribution is -2.33. The molecule has 0 saturated heterocycles. The molecule has 1 amide bonds. The Morgan fingerprint density at radius 2 is 1.86 bits per heavy atom. The molecular weight excluding hydrogens is 372 g/mol. The zero-order valence-electron chi connectivity index (χ0n) is 16.6. The third kappa shape index (κ3) is 4.84. The van der Waals surface area contributed by atoms with Crippen LogP contribution in [0.3, 0.4) is 0 Å². The molecule has 0 aliphatic carbocycles. The lowest BCUT2D eigenvalue weighted by atomic mass is 10.1. The number of carbonyl (C=O) groups excluding carboxylic acids is 1. The summed E-state index contributed by atoms with van der Waals surface area (Å²) in [6, 6.07) is 13.6. The van der Waals surface area contributed by atoms with Crippen LogP contribution in [0.5, 0.6) is 0 Å². The highest BCUT2D eigenvalue weighted by Gasteiger charge is 2.23. The van der Waals surface area contributed by atoms with Crippen LogP contribution in [0.1, 0.15) is 39.3 Å². The number of rotatable bonds is 8. The molecule has 7 heteroatoms. The maximum atomic E-state index is 12.7. The van der Waals surface area contributed by atoms with Gasteiger partial charge < -0.3 is 9.73 Å². The van der Waals surface area contributed by atoms with E-state index in [1.54, 1.807) is 6.26 Å². The Morgan fingerprint density at radius 3 is 2.50 bits per heavy atom. The van der Waals surface area contributed by atoms with Gasteiger partial charge in [0.2, 0.25) is 5.91 Å². The predicted octanol–water partition coefficient (Wildman–Crippen LogP) is 4.55. The van der Waals surface area contributed by atoms with Crippen molar-refractivity contribution in [2.45, 2.75) is 50.7 Å². The summed E-state index contributed by atoms with van der Waals surface area (Å²) in [5.41, 5.74) is 1.08. The molecule has 6 nitrogen and oxygen atoms in total. The Morgan fingerprint density at radius 1 is 1.11 bits per heavy atom. The van der Waals surface area contributed by atoms with Gasteiger partial charge in [0.1, 0.15) is 0 Å². The molecule has 0 spiro atoms. The number of hydrogen-bond acceptors (Lipinski definition) is 5. The molecule has 148 valence electrons. The largest absolute Gasteiger partial charge is 0.461 e. The van der Waals surface area contributed by atoms with Gasteiger partial charge >= 0.3 is 0 Å². The van der Waals surface area contributed by atoms with Gasteiger partial charge in [-0.25, -0.2) is 0 Å². The molecule has 2 aromatic heterocycles. The molecule has 28 heavy (non-hydrogen) atoms. The van der Waals surface area contributed by atoms with E-state index in [4.69, 9.17) is 4.42 Å². The standard InChI is InChI=1S/C21H26N4O2S/c1-14(2)13-25-19(18-11-8-12-27-18)23-24-21(25)28-16(4)20(26)22-15(3)17-9-6-5-7-10-17/h5-12,14-16H,13H2,1-4H3,(H,22,26). The topological polar surface area (TPSA) is 73.0 Å². The predicted molar refractivity (Wildman–Crippen MR) is 111 cm³/mol. The van der Waals surface area contributed by atoms with E-state index >= 15 is 0 Å². The molecule has 0 aliphatic rings.